The monoisotopic (exact) mass is 381 g/mol. The zero-order valence-electron chi connectivity index (χ0n) is 14.6. The van der Waals surface area contributed by atoms with E-state index in [1.807, 2.05) is 11.3 Å². The zero-order chi connectivity index (χ0) is 16.4. The van der Waals surface area contributed by atoms with Crippen LogP contribution in [0.25, 0.3) is 0 Å². The Balaban J connectivity index is 2.60. The van der Waals surface area contributed by atoms with E-state index >= 15 is 0 Å². The molecule has 1 nitrogen and oxygen atoms in total. The van der Waals surface area contributed by atoms with E-state index in [9.17, 15) is 0 Å². The lowest BCUT2D eigenvalue weighted by atomic mass is 9.83. The molecule has 1 aromatic heterocycles. The van der Waals surface area contributed by atoms with E-state index < -0.39 is 0 Å². The summed E-state index contributed by atoms with van der Waals surface area (Å²) in [5, 5.41) is 0. The number of rotatable bonds is 5. The molecule has 3 heteroatoms. The largest absolute Gasteiger partial charge is 0.349 e. The first-order valence-corrected chi connectivity index (χ1v) is 9.98. The highest BCUT2D eigenvalue weighted by atomic mass is 79.9. The van der Waals surface area contributed by atoms with E-state index in [2.05, 4.69) is 80.6 Å². The summed E-state index contributed by atoms with van der Waals surface area (Å²) in [6.07, 6.45) is 3.63. The molecule has 0 amide bonds. The highest BCUT2D eigenvalue weighted by Crippen LogP contribution is 2.44. The Morgan fingerprint density at radius 3 is 2.23 bits per heavy atom. The molecule has 0 N–H and O–H groups in total. The SMILES string of the molecule is CCC1=C(C(C)C)N(CC)C(C(C)C)=CC1c1ccc(Br)s1. The van der Waals surface area contributed by atoms with Gasteiger partial charge in [0.05, 0.1) is 3.79 Å². The molecule has 1 aromatic rings. The Morgan fingerprint density at radius 1 is 1.14 bits per heavy atom. The van der Waals surface area contributed by atoms with E-state index in [1.165, 1.54) is 14.4 Å². The second-order valence-electron chi connectivity index (χ2n) is 6.53. The van der Waals surface area contributed by atoms with Gasteiger partial charge in [0.1, 0.15) is 0 Å². The van der Waals surface area contributed by atoms with Crippen LogP contribution in [0.4, 0.5) is 0 Å². The van der Waals surface area contributed by atoms with Gasteiger partial charge in [0.25, 0.3) is 0 Å². The standard InChI is InChI=1S/C19H28BrNS/c1-7-14-15(17-9-10-18(20)22-17)11-16(12(3)4)21(8-2)19(14)13(5)6/h9-13,15H,7-8H2,1-6H3. The van der Waals surface area contributed by atoms with E-state index in [0.717, 1.165) is 13.0 Å². The summed E-state index contributed by atoms with van der Waals surface area (Å²) in [4.78, 5) is 4.02. The maximum absolute atomic E-state index is 3.63. The highest BCUT2D eigenvalue weighted by molar-refractivity contribution is 9.11. The van der Waals surface area contributed by atoms with Gasteiger partial charge in [-0.05, 0) is 58.8 Å². The van der Waals surface area contributed by atoms with Gasteiger partial charge in [-0.3, -0.25) is 0 Å². The van der Waals surface area contributed by atoms with Gasteiger partial charge >= 0.3 is 0 Å². The minimum absolute atomic E-state index is 0.443. The van der Waals surface area contributed by atoms with Crippen LogP contribution < -0.4 is 0 Å². The van der Waals surface area contributed by atoms with Crippen molar-refractivity contribution in [3.05, 3.63) is 43.8 Å². The smallest absolute Gasteiger partial charge is 0.0701 e. The first-order valence-electron chi connectivity index (χ1n) is 8.38. The van der Waals surface area contributed by atoms with Crippen LogP contribution in [0, 0.1) is 11.8 Å². The van der Waals surface area contributed by atoms with E-state index in [0.29, 0.717) is 17.8 Å². The van der Waals surface area contributed by atoms with Crippen LogP contribution in [0.1, 0.15) is 58.8 Å². The minimum Gasteiger partial charge on any atom is -0.349 e. The van der Waals surface area contributed by atoms with Crippen molar-refractivity contribution in [3.63, 3.8) is 0 Å². The van der Waals surface area contributed by atoms with Crippen molar-refractivity contribution in [3.8, 4) is 0 Å². The van der Waals surface area contributed by atoms with Crippen molar-refractivity contribution in [2.24, 2.45) is 11.8 Å². The fraction of sp³-hybridized carbons (Fsp3) is 0.579. The molecule has 1 unspecified atom stereocenters. The molecule has 1 atom stereocenters. The third kappa shape index (κ3) is 3.35. The third-order valence-electron chi connectivity index (χ3n) is 4.38. The molecule has 122 valence electrons. The van der Waals surface area contributed by atoms with Crippen LogP contribution in [-0.4, -0.2) is 11.4 Å². The van der Waals surface area contributed by atoms with Crippen molar-refractivity contribution < 1.29 is 0 Å². The van der Waals surface area contributed by atoms with Gasteiger partial charge < -0.3 is 4.90 Å². The molecule has 22 heavy (non-hydrogen) atoms. The van der Waals surface area contributed by atoms with Gasteiger partial charge in [0, 0.05) is 28.7 Å². The first kappa shape index (κ1) is 17.8. The van der Waals surface area contributed by atoms with Crippen molar-refractivity contribution in [1.82, 2.24) is 4.90 Å². The second kappa shape index (κ2) is 7.35. The summed E-state index contributed by atoms with van der Waals surface area (Å²) in [6.45, 7) is 14.9. The molecule has 0 saturated heterocycles. The average molecular weight is 382 g/mol. The number of hydrogen-bond acceptors (Lipinski definition) is 2. The Kier molecular flexibility index (Phi) is 5.95. The summed E-state index contributed by atoms with van der Waals surface area (Å²) in [6, 6.07) is 4.46. The first-order chi connectivity index (χ1) is 10.4. The molecule has 1 aliphatic rings. The molecule has 0 spiro atoms. The topological polar surface area (TPSA) is 3.24 Å². The quantitative estimate of drug-likeness (QED) is 0.542. The van der Waals surface area contributed by atoms with Gasteiger partial charge in [-0.1, -0.05) is 40.7 Å². The number of hydrogen-bond donors (Lipinski definition) is 0. The zero-order valence-corrected chi connectivity index (χ0v) is 17.0. The second-order valence-corrected chi connectivity index (χ2v) is 9.02. The highest BCUT2D eigenvalue weighted by Gasteiger charge is 2.31. The number of allylic oxidation sites excluding steroid dienone is 4. The van der Waals surface area contributed by atoms with Crippen LogP contribution in [0.3, 0.4) is 0 Å². The number of halogens is 1. The van der Waals surface area contributed by atoms with Crippen LogP contribution in [0.2, 0.25) is 0 Å². The minimum atomic E-state index is 0.443. The molecule has 0 fully saturated rings. The molecular formula is C19H28BrNS. The van der Waals surface area contributed by atoms with Crippen LogP contribution in [-0.2, 0) is 0 Å². The fourth-order valence-electron chi connectivity index (χ4n) is 3.52. The van der Waals surface area contributed by atoms with Crippen LogP contribution in [0.5, 0.6) is 0 Å². The lowest BCUT2D eigenvalue weighted by Gasteiger charge is -2.40. The van der Waals surface area contributed by atoms with Gasteiger partial charge in [0.2, 0.25) is 0 Å². The predicted molar refractivity (Wildman–Crippen MR) is 102 cm³/mol. The summed E-state index contributed by atoms with van der Waals surface area (Å²) in [7, 11) is 0. The fourth-order valence-corrected chi connectivity index (χ4v) is 5.05. The van der Waals surface area contributed by atoms with Crippen molar-refractivity contribution in [2.45, 2.75) is 53.9 Å². The van der Waals surface area contributed by atoms with Crippen LogP contribution in [0.15, 0.2) is 39.0 Å². The number of thiophene rings is 1. The lowest BCUT2D eigenvalue weighted by molar-refractivity contribution is 0.343. The number of nitrogens with zero attached hydrogens (tertiary/aromatic N) is 1. The molecule has 0 aliphatic carbocycles. The average Bonchev–Trinajstić information content (AvgIpc) is 2.90. The molecule has 0 saturated carbocycles. The Bertz CT molecular complexity index is 580. The lowest BCUT2D eigenvalue weighted by Crippen LogP contribution is -2.33. The molecular weight excluding hydrogens is 354 g/mol. The van der Waals surface area contributed by atoms with Crippen molar-refractivity contribution in [1.29, 1.82) is 0 Å². The van der Waals surface area contributed by atoms with E-state index in [1.54, 1.807) is 11.3 Å². The summed E-state index contributed by atoms with van der Waals surface area (Å²) in [5.74, 6) is 1.56. The summed E-state index contributed by atoms with van der Waals surface area (Å²) < 4.78 is 1.22. The Hall–Kier alpha value is -0.540. The molecule has 0 bridgehead atoms. The van der Waals surface area contributed by atoms with E-state index in [-0.39, 0.29) is 0 Å². The molecule has 0 radical (unpaired) electrons. The Morgan fingerprint density at radius 2 is 1.82 bits per heavy atom. The maximum atomic E-state index is 3.63. The van der Waals surface area contributed by atoms with Gasteiger partial charge in [-0.15, -0.1) is 11.3 Å². The third-order valence-corrected chi connectivity index (χ3v) is 6.09. The predicted octanol–water partition coefficient (Wildman–Crippen LogP) is 6.79. The normalized spacial score (nSPS) is 19.4. The maximum Gasteiger partial charge on any atom is 0.0701 e. The molecule has 0 aromatic carbocycles. The van der Waals surface area contributed by atoms with Gasteiger partial charge in [-0.25, -0.2) is 0 Å². The van der Waals surface area contributed by atoms with Gasteiger partial charge in [-0.2, -0.15) is 0 Å². The molecule has 2 rings (SSSR count). The molecule has 1 aliphatic heterocycles. The van der Waals surface area contributed by atoms with Gasteiger partial charge in [0.15, 0.2) is 0 Å². The Labute approximate surface area is 148 Å². The van der Waals surface area contributed by atoms with Crippen molar-refractivity contribution in [2.75, 3.05) is 6.54 Å². The van der Waals surface area contributed by atoms with Crippen molar-refractivity contribution >= 4 is 27.3 Å². The summed E-state index contributed by atoms with van der Waals surface area (Å²) >= 11 is 5.49. The molecule has 2 heterocycles. The van der Waals surface area contributed by atoms with E-state index in [4.69, 9.17) is 0 Å². The summed E-state index contributed by atoms with van der Waals surface area (Å²) in [5.41, 5.74) is 4.62. The van der Waals surface area contributed by atoms with Crippen LogP contribution >= 0.6 is 27.3 Å².